The molecule has 0 aliphatic rings. The Balaban J connectivity index is 1.65. The minimum atomic E-state index is -0.908. The number of carbonyl (C=O) groups is 1. The molecule has 0 bridgehead atoms. The highest BCUT2D eigenvalue weighted by molar-refractivity contribution is 7.21. The van der Waals surface area contributed by atoms with Crippen LogP contribution < -0.4 is 15.2 Å². The molecule has 1 amide bonds. The number of rotatable bonds is 5. The molecular weight excluding hydrogens is 422 g/mol. The van der Waals surface area contributed by atoms with Crippen molar-refractivity contribution in [3.05, 3.63) is 77.4 Å². The van der Waals surface area contributed by atoms with Gasteiger partial charge < -0.3 is 15.2 Å². The van der Waals surface area contributed by atoms with Crippen LogP contribution in [0.2, 0.25) is 0 Å². The van der Waals surface area contributed by atoms with E-state index in [1.165, 1.54) is 23.5 Å². The zero-order valence-electron chi connectivity index (χ0n) is 16.7. The van der Waals surface area contributed by atoms with Crippen molar-refractivity contribution in [1.82, 2.24) is 4.98 Å². The van der Waals surface area contributed by atoms with Crippen LogP contribution in [0.4, 0.5) is 13.6 Å². The minimum Gasteiger partial charge on any atom is -0.486 e. The highest BCUT2D eigenvalue weighted by Crippen LogP contribution is 2.37. The Labute approximate surface area is 181 Å². The predicted molar refractivity (Wildman–Crippen MR) is 115 cm³/mol. The fourth-order valence-electron chi connectivity index (χ4n) is 3.25. The van der Waals surface area contributed by atoms with Crippen LogP contribution in [0.25, 0.3) is 20.8 Å². The summed E-state index contributed by atoms with van der Waals surface area (Å²) in [6.45, 7) is 3.18. The van der Waals surface area contributed by atoms with Crippen molar-refractivity contribution in [3.8, 4) is 22.1 Å². The second-order valence-electron chi connectivity index (χ2n) is 6.92. The van der Waals surface area contributed by atoms with Crippen molar-refractivity contribution < 1.29 is 23.0 Å². The van der Waals surface area contributed by atoms with Gasteiger partial charge in [-0.1, -0.05) is 18.2 Å². The molecular formula is C23H18F2N2O3S. The third-order valence-corrected chi connectivity index (χ3v) is 5.78. The van der Waals surface area contributed by atoms with Gasteiger partial charge in [-0.3, -0.25) is 0 Å². The lowest BCUT2D eigenvalue weighted by Crippen LogP contribution is -2.16. The molecule has 5 nitrogen and oxygen atoms in total. The van der Waals surface area contributed by atoms with Gasteiger partial charge in [0, 0.05) is 0 Å². The van der Waals surface area contributed by atoms with Crippen LogP contribution in [0, 0.1) is 18.6 Å². The number of halogens is 2. The smallest absolute Gasteiger partial charge is 0.409 e. The summed E-state index contributed by atoms with van der Waals surface area (Å²) >= 11 is 1.37. The predicted octanol–water partition coefficient (Wildman–Crippen LogP) is 6.15. The van der Waals surface area contributed by atoms with E-state index in [1.807, 2.05) is 0 Å². The third-order valence-electron chi connectivity index (χ3n) is 4.73. The maximum Gasteiger partial charge on any atom is 0.409 e. The normalized spacial score (nSPS) is 12.0. The van der Waals surface area contributed by atoms with E-state index in [4.69, 9.17) is 15.2 Å². The number of nitrogens with zero attached hydrogens (tertiary/aromatic N) is 1. The standard InChI is InChI=1S/C23H18F2N2O3S/c1-12-7-9-16(24)20(21(12)25)13(2)29-14-8-10-17-19(11-14)31-22(27-17)15-5-3-4-6-18(15)30-23(26)28/h3-11,13H,1-2H3,(H2,26,28). The first-order chi connectivity index (χ1) is 14.8. The Morgan fingerprint density at radius 2 is 1.90 bits per heavy atom. The number of primary amides is 1. The van der Waals surface area contributed by atoms with Crippen molar-refractivity contribution in [2.75, 3.05) is 0 Å². The number of aryl methyl sites for hydroxylation is 1. The topological polar surface area (TPSA) is 74.4 Å². The molecule has 0 saturated carbocycles. The highest BCUT2D eigenvalue weighted by atomic mass is 32.1. The zero-order valence-corrected chi connectivity index (χ0v) is 17.5. The summed E-state index contributed by atoms with van der Waals surface area (Å²) in [7, 11) is 0. The van der Waals surface area contributed by atoms with Crippen LogP contribution in [0.3, 0.4) is 0 Å². The van der Waals surface area contributed by atoms with Gasteiger partial charge in [-0.15, -0.1) is 11.3 Å². The largest absolute Gasteiger partial charge is 0.486 e. The Bertz CT molecular complexity index is 1290. The molecule has 3 aromatic carbocycles. The number of hydrogen-bond acceptors (Lipinski definition) is 5. The van der Waals surface area contributed by atoms with Gasteiger partial charge in [0.05, 0.1) is 21.3 Å². The van der Waals surface area contributed by atoms with Crippen LogP contribution >= 0.6 is 11.3 Å². The molecule has 0 aliphatic carbocycles. The van der Waals surface area contributed by atoms with Gasteiger partial charge in [-0.25, -0.2) is 18.6 Å². The molecule has 31 heavy (non-hydrogen) atoms. The quantitative estimate of drug-likeness (QED) is 0.404. The number of carbonyl (C=O) groups excluding carboxylic acids is 1. The number of aromatic nitrogens is 1. The van der Waals surface area contributed by atoms with E-state index in [0.717, 1.165) is 4.70 Å². The summed E-state index contributed by atoms with van der Waals surface area (Å²) in [5.74, 6) is -0.496. The van der Waals surface area contributed by atoms with Gasteiger partial charge in [-0.05, 0) is 55.8 Å². The number of hydrogen-bond donors (Lipinski definition) is 1. The molecule has 0 saturated heterocycles. The molecule has 8 heteroatoms. The fourth-order valence-corrected chi connectivity index (χ4v) is 4.27. The summed E-state index contributed by atoms with van der Waals surface area (Å²) in [6, 6.07) is 14.8. The molecule has 0 aliphatic heterocycles. The third kappa shape index (κ3) is 4.20. The van der Waals surface area contributed by atoms with E-state index >= 15 is 0 Å². The Morgan fingerprint density at radius 1 is 1.13 bits per heavy atom. The summed E-state index contributed by atoms with van der Waals surface area (Å²) in [6.07, 6.45) is -1.73. The minimum absolute atomic E-state index is 0.109. The first-order valence-corrected chi connectivity index (χ1v) is 10.2. The Morgan fingerprint density at radius 3 is 2.68 bits per heavy atom. The van der Waals surface area contributed by atoms with Gasteiger partial charge in [0.15, 0.2) is 0 Å². The Hall–Kier alpha value is -3.52. The Kier molecular flexibility index (Phi) is 5.56. The lowest BCUT2D eigenvalue weighted by atomic mass is 10.1. The van der Waals surface area contributed by atoms with Crippen LogP contribution in [0.1, 0.15) is 24.2 Å². The summed E-state index contributed by atoms with van der Waals surface area (Å²) in [5.41, 5.74) is 6.72. The van der Waals surface area contributed by atoms with Crippen molar-refractivity contribution in [1.29, 1.82) is 0 Å². The maximum absolute atomic E-state index is 14.4. The van der Waals surface area contributed by atoms with E-state index in [1.54, 1.807) is 56.3 Å². The van der Waals surface area contributed by atoms with Crippen LogP contribution in [0.15, 0.2) is 54.6 Å². The van der Waals surface area contributed by atoms with E-state index < -0.39 is 23.8 Å². The molecule has 0 fully saturated rings. The lowest BCUT2D eigenvalue weighted by molar-refractivity contribution is 0.211. The van der Waals surface area contributed by atoms with E-state index in [0.29, 0.717) is 33.2 Å². The van der Waals surface area contributed by atoms with Crippen molar-refractivity contribution >= 4 is 27.6 Å². The van der Waals surface area contributed by atoms with Crippen LogP contribution in [-0.2, 0) is 0 Å². The highest BCUT2D eigenvalue weighted by Gasteiger charge is 2.20. The molecule has 1 atom stereocenters. The molecule has 0 radical (unpaired) electrons. The van der Waals surface area contributed by atoms with Crippen LogP contribution in [-0.4, -0.2) is 11.1 Å². The molecule has 158 valence electrons. The maximum atomic E-state index is 14.4. The van der Waals surface area contributed by atoms with Gasteiger partial charge in [0.1, 0.15) is 34.2 Å². The van der Waals surface area contributed by atoms with E-state index in [2.05, 4.69) is 4.98 Å². The summed E-state index contributed by atoms with van der Waals surface area (Å²) < 4.78 is 40.3. The number of fused-ring (bicyclic) bond motifs is 1. The van der Waals surface area contributed by atoms with Crippen molar-refractivity contribution in [2.45, 2.75) is 20.0 Å². The van der Waals surface area contributed by atoms with Crippen molar-refractivity contribution in [3.63, 3.8) is 0 Å². The zero-order chi connectivity index (χ0) is 22.1. The number of amides is 1. The van der Waals surface area contributed by atoms with Gasteiger partial charge in [-0.2, -0.15) is 0 Å². The average Bonchev–Trinajstić information content (AvgIpc) is 3.14. The van der Waals surface area contributed by atoms with Crippen LogP contribution in [0.5, 0.6) is 11.5 Å². The number of benzene rings is 3. The molecule has 1 aromatic heterocycles. The first-order valence-electron chi connectivity index (χ1n) is 9.42. The van der Waals surface area contributed by atoms with Gasteiger partial charge in [0.2, 0.25) is 0 Å². The lowest BCUT2D eigenvalue weighted by Gasteiger charge is -2.17. The first kappa shape index (κ1) is 20.7. The number of nitrogens with two attached hydrogens (primary N) is 1. The molecule has 2 N–H and O–H groups in total. The summed E-state index contributed by atoms with van der Waals surface area (Å²) in [4.78, 5) is 15.8. The molecule has 4 rings (SSSR count). The second-order valence-corrected chi connectivity index (χ2v) is 7.95. The summed E-state index contributed by atoms with van der Waals surface area (Å²) in [5, 5.41) is 0.632. The van der Waals surface area contributed by atoms with Crippen molar-refractivity contribution in [2.24, 2.45) is 5.73 Å². The fraction of sp³-hybridized carbons (Fsp3) is 0.130. The van der Waals surface area contributed by atoms with E-state index in [-0.39, 0.29) is 5.56 Å². The van der Waals surface area contributed by atoms with E-state index in [9.17, 15) is 13.6 Å². The second kappa shape index (κ2) is 8.31. The molecule has 1 unspecified atom stereocenters. The number of ether oxygens (including phenoxy) is 2. The molecule has 1 heterocycles. The van der Waals surface area contributed by atoms with Gasteiger partial charge in [0.25, 0.3) is 0 Å². The molecule has 0 spiro atoms. The van der Waals surface area contributed by atoms with Gasteiger partial charge >= 0.3 is 6.09 Å². The number of thiazole rings is 1. The molecule has 4 aromatic rings. The monoisotopic (exact) mass is 440 g/mol. The SMILES string of the molecule is Cc1ccc(F)c(C(C)Oc2ccc3nc(-c4ccccc4OC(N)=O)sc3c2)c1F. The average molecular weight is 440 g/mol. The number of para-hydroxylation sites is 1.